The number of aliphatic carboxylic acids is 1. The number of carboxylic acids is 1. The summed E-state index contributed by atoms with van der Waals surface area (Å²) in [6, 6.07) is -0.414. The van der Waals surface area contributed by atoms with E-state index in [2.05, 4.69) is 5.32 Å². The van der Waals surface area contributed by atoms with Crippen molar-refractivity contribution >= 4 is 23.8 Å². The van der Waals surface area contributed by atoms with Gasteiger partial charge in [0.25, 0.3) is 0 Å². The first kappa shape index (κ1) is 14.1. The number of hydrogen-bond acceptors (Lipinski definition) is 4. The molecule has 7 heteroatoms. The Bertz CT molecular complexity index is 275. The zero-order chi connectivity index (χ0) is 12.7. The molecule has 2 N–H and O–H groups in total. The summed E-state index contributed by atoms with van der Waals surface area (Å²) < 4.78 is 4.84. The van der Waals surface area contributed by atoms with Crippen molar-refractivity contribution < 1.29 is 19.4 Å². The number of nitrogens with one attached hydrogen (secondary N) is 1. The second kappa shape index (κ2) is 7.39. The number of carbonyl (C=O) groups excluding carboxylic acids is 1. The molecule has 0 aliphatic carbocycles. The minimum Gasteiger partial charge on any atom is -0.481 e. The summed E-state index contributed by atoms with van der Waals surface area (Å²) in [5, 5.41) is 11.5. The summed E-state index contributed by atoms with van der Waals surface area (Å²) in [6.07, 6.45) is 0.00466. The summed E-state index contributed by atoms with van der Waals surface area (Å²) in [5.74, 6) is 0.671. The molecule has 6 nitrogen and oxygen atoms in total. The number of hydrogen-bond donors (Lipinski definition) is 2. The van der Waals surface area contributed by atoms with Crippen molar-refractivity contribution in [1.29, 1.82) is 0 Å². The lowest BCUT2D eigenvalue weighted by Crippen LogP contribution is -2.51. The van der Waals surface area contributed by atoms with E-state index >= 15 is 0 Å². The van der Waals surface area contributed by atoms with Crippen LogP contribution >= 0.6 is 11.8 Å². The highest BCUT2D eigenvalue weighted by molar-refractivity contribution is 7.99. The summed E-state index contributed by atoms with van der Waals surface area (Å²) in [4.78, 5) is 24.1. The molecule has 1 aliphatic heterocycles. The molecule has 1 heterocycles. The average Bonchev–Trinajstić information content (AvgIpc) is 2.29. The van der Waals surface area contributed by atoms with Gasteiger partial charge in [0.2, 0.25) is 0 Å². The van der Waals surface area contributed by atoms with Crippen LogP contribution < -0.4 is 5.32 Å². The van der Waals surface area contributed by atoms with E-state index in [1.54, 1.807) is 23.8 Å². The molecule has 1 fully saturated rings. The molecule has 0 spiro atoms. The molecule has 1 atom stereocenters. The number of urea groups is 1. The molecule has 1 unspecified atom stereocenters. The summed E-state index contributed by atoms with van der Waals surface area (Å²) in [6.45, 7) is 1.50. The quantitative estimate of drug-likeness (QED) is 0.694. The Morgan fingerprint density at radius 2 is 2.35 bits per heavy atom. The number of carboxylic acid groups (broad SMARTS) is 1. The Balaban J connectivity index is 2.45. The van der Waals surface area contributed by atoms with Gasteiger partial charge in [-0.05, 0) is 0 Å². The third-order valence-electron chi connectivity index (χ3n) is 2.48. The predicted molar refractivity (Wildman–Crippen MR) is 65.3 cm³/mol. The van der Waals surface area contributed by atoms with E-state index in [0.717, 1.165) is 5.75 Å². The van der Waals surface area contributed by atoms with E-state index in [4.69, 9.17) is 9.84 Å². The predicted octanol–water partition coefficient (Wildman–Crippen LogP) is 0.234. The van der Waals surface area contributed by atoms with Gasteiger partial charge in [-0.15, -0.1) is 0 Å². The van der Waals surface area contributed by atoms with E-state index in [-0.39, 0.29) is 18.5 Å². The van der Waals surface area contributed by atoms with Crippen LogP contribution in [0.25, 0.3) is 0 Å². The highest BCUT2D eigenvalue weighted by Crippen LogP contribution is 2.18. The van der Waals surface area contributed by atoms with Crippen LogP contribution in [0.5, 0.6) is 0 Å². The fraction of sp³-hybridized carbons (Fsp3) is 0.800. The van der Waals surface area contributed by atoms with Gasteiger partial charge in [-0.25, -0.2) is 4.79 Å². The largest absolute Gasteiger partial charge is 0.481 e. The van der Waals surface area contributed by atoms with Crippen molar-refractivity contribution in [2.45, 2.75) is 12.5 Å². The Morgan fingerprint density at radius 1 is 1.59 bits per heavy atom. The normalized spacial score (nSPS) is 20.1. The molecule has 2 amide bonds. The maximum atomic E-state index is 11.8. The van der Waals surface area contributed by atoms with E-state index in [9.17, 15) is 9.59 Å². The van der Waals surface area contributed by atoms with E-state index in [1.165, 1.54) is 0 Å². The molecular weight excluding hydrogens is 244 g/mol. The van der Waals surface area contributed by atoms with Crippen molar-refractivity contribution in [2.24, 2.45) is 0 Å². The van der Waals surface area contributed by atoms with Gasteiger partial charge in [0, 0.05) is 31.7 Å². The average molecular weight is 262 g/mol. The standard InChI is InChI=1S/C10H18N2O4S/c1-16-4-2-11-10(15)12-3-5-17-7-8(12)6-9(13)14/h8H,2-7H2,1H3,(H,11,15)(H,13,14). The maximum Gasteiger partial charge on any atom is 0.317 e. The van der Waals surface area contributed by atoms with E-state index in [1.807, 2.05) is 0 Å². The summed E-state index contributed by atoms with van der Waals surface area (Å²) in [7, 11) is 1.57. The van der Waals surface area contributed by atoms with Crippen molar-refractivity contribution in [1.82, 2.24) is 10.2 Å². The zero-order valence-electron chi connectivity index (χ0n) is 9.85. The number of nitrogens with zero attached hydrogens (tertiary/aromatic N) is 1. The molecule has 98 valence electrons. The van der Waals surface area contributed by atoms with Gasteiger partial charge in [0.05, 0.1) is 19.1 Å². The monoisotopic (exact) mass is 262 g/mol. The van der Waals surface area contributed by atoms with Gasteiger partial charge < -0.3 is 20.1 Å². The van der Waals surface area contributed by atoms with Gasteiger partial charge in [-0.1, -0.05) is 0 Å². The molecule has 0 saturated carbocycles. The van der Waals surface area contributed by atoms with Gasteiger partial charge in [0.1, 0.15) is 0 Å². The van der Waals surface area contributed by atoms with Crippen LogP contribution in [0.3, 0.4) is 0 Å². The Morgan fingerprint density at radius 3 is 3.00 bits per heavy atom. The Kier molecular flexibility index (Phi) is 6.13. The molecule has 0 bridgehead atoms. The molecule has 0 aromatic carbocycles. The van der Waals surface area contributed by atoms with Crippen LogP contribution in [0.15, 0.2) is 0 Å². The highest BCUT2D eigenvalue weighted by atomic mass is 32.2. The summed E-state index contributed by atoms with van der Waals surface area (Å²) in [5.41, 5.74) is 0. The topological polar surface area (TPSA) is 78.9 Å². The fourth-order valence-corrected chi connectivity index (χ4v) is 2.72. The van der Waals surface area contributed by atoms with E-state index in [0.29, 0.717) is 25.4 Å². The Labute approximate surface area is 105 Å². The minimum atomic E-state index is -0.868. The second-order valence-electron chi connectivity index (χ2n) is 3.74. The van der Waals surface area contributed by atoms with Crippen LogP contribution in [-0.4, -0.2) is 66.4 Å². The first-order valence-corrected chi connectivity index (χ1v) is 6.63. The number of rotatable bonds is 5. The smallest absolute Gasteiger partial charge is 0.317 e. The van der Waals surface area contributed by atoms with Gasteiger partial charge in [-0.3, -0.25) is 4.79 Å². The van der Waals surface area contributed by atoms with Crippen molar-refractivity contribution in [2.75, 3.05) is 38.3 Å². The Hall–Kier alpha value is -0.950. The second-order valence-corrected chi connectivity index (χ2v) is 4.89. The molecule has 17 heavy (non-hydrogen) atoms. The van der Waals surface area contributed by atoms with Crippen molar-refractivity contribution in [3.63, 3.8) is 0 Å². The van der Waals surface area contributed by atoms with Crippen LogP contribution in [0, 0.1) is 0 Å². The lowest BCUT2D eigenvalue weighted by molar-refractivity contribution is -0.137. The molecule has 0 aromatic rings. The number of thioether (sulfide) groups is 1. The van der Waals surface area contributed by atoms with E-state index < -0.39 is 5.97 Å². The van der Waals surface area contributed by atoms with Crippen molar-refractivity contribution in [3.05, 3.63) is 0 Å². The lowest BCUT2D eigenvalue weighted by atomic mass is 10.2. The highest BCUT2D eigenvalue weighted by Gasteiger charge is 2.28. The zero-order valence-corrected chi connectivity index (χ0v) is 10.7. The molecule has 1 aliphatic rings. The SMILES string of the molecule is COCCNC(=O)N1CCSCC1CC(=O)O. The lowest BCUT2D eigenvalue weighted by Gasteiger charge is -2.34. The first-order chi connectivity index (χ1) is 8.15. The number of amides is 2. The van der Waals surface area contributed by atoms with Crippen LogP contribution in [0.2, 0.25) is 0 Å². The maximum absolute atomic E-state index is 11.8. The van der Waals surface area contributed by atoms with Crippen molar-refractivity contribution in [3.8, 4) is 0 Å². The number of ether oxygens (including phenoxy) is 1. The fourth-order valence-electron chi connectivity index (χ4n) is 1.65. The molecule has 1 saturated heterocycles. The summed E-state index contributed by atoms with van der Waals surface area (Å²) >= 11 is 1.68. The van der Waals surface area contributed by atoms with Gasteiger partial charge >= 0.3 is 12.0 Å². The van der Waals surface area contributed by atoms with Crippen LogP contribution in [0.4, 0.5) is 4.79 Å². The third-order valence-corrected chi connectivity index (χ3v) is 3.57. The minimum absolute atomic E-state index is 0.00466. The van der Waals surface area contributed by atoms with Crippen LogP contribution in [-0.2, 0) is 9.53 Å². The van der Waals surface area contributed by atoms with Gasteiger partial charge in [0.15, 0.2) is 0 Å². The molecule has 1 rings (SSSR count). The molecule has 0 radical (unpaired) electrons. The van der Waals surface area contributed by atoms with Crippen LogP contribution in [0.1, 0.15) is 6.42 Å². The third kappa shape index (κ3) is 4.82. The first-order valence-electron chi connectivity index (χ1n) is 5.48. The van der Waals surface area contributed by atoms with Gasteiger partial charge in [-0.2, -0.15) is 11.8 Å². The molecule has 0 aromatic heterocycles. The number of methoxy groups -OCH3 is 1. The number of carbonyl (C=O) groups is 2. The molecular formula is C10H18N2O4S.